The van der Waals surface area contributed by atoms with Gasteiger partial charge in [0.25, 0.3) is 5.91 Å². The zero-order valence-electron chi connectivity index (χ0n) is 12.4. The summed E-state index contributed by atoms with van der Waals surface area (Å²) in [7, 11) is 0. The Morgan fingerprint density at radius 1 is 1.28 bits per heavy atom. The zero-order chi connectivity index (χ0) is 18.0. The second kappa shape index (κ2) is 6.38. The second-order valence-electron chi connectivity index (χ2n) is 5.05. The van der Waals surface area contributed by atoms with Crippen LogP contribution in [0.5, 0.6) is 0 Å². The summed E-state index contributed by atoms with van der Waals surface area (Å²) in [5.74, 6) is -1.21. The number of hydrogen-bond acceptors (Lipinski definition) is 4. The quantitative estimate of drug-likeness (QED) is 0.728. The first-order valence-corrected chi connectivity index (χ1v) is 6.94. The van der Waals surface area contributed by atoms with Crippen LogP contribution in [0.4, 0.5) is 23.2 Å². The summed E-state index contributed by atoms with van der Waals surface area (Å²) < 4.78 is 56.1. The van der Waals surface area contributed by atoms with Crippen molar-refractivity contribution in [1.29, 1.82) is 0 Å². The smallest absolute Gasteiger partial charge is 0.355 e. The number of carbonyl (C=O) groups excluding carboxylic acids is 1. The lowest BCUT2D eigenvalue weighted by atomic mass is 10.1. The number of nitrogens with zero attached hydrogens (tertiary/aromatic N) is 3. The first-order chi connectivity index (χ1) is 11.8. The lowest BCUT2D eigenvalue weighted by Gasteiger charge is -2.05. The maximum Gasteiger partial charge on any atom is 0.408 e. The normalized spacial score (nSPS) is 11.5. The zero-order valence-corrected chi connectivity index (χ0v) is 12.4. The molecule has 0 saturated heterocycles. The first kappa shape index (κ1) is 16.7. The summed E-state index contributed by atoms with van der Waals surface area (Å²) in [6.45, 7) is -1.27. The van der Waals surface area contributed by atoms with Crippen LogP contribution in [0.25, 0.3) is 11.3 Å². The molecule has 2 heterocycles. The van der Waals surface area contributed by atoms with Crippen LogP contribution in [-0.4, -0.2) is 27.0 Å². The molecule has 0 aliphatic rings. The average Bonchev–Trinajstić information content (AvgIpc) is 3.16. The molecule has 3 aromatic rings. The number of nitrogens with one attached hydrogen (secondary N) is 1. The molecule has 0 aliphatic carbocycles. The molecule has 10 heteroatoms. The number of anilines is 1. The van der Waals surface area contributed by atoms with E-state index in [0.29, 0.717) is 4.68 Å². The van der Waals surface area contributed by atoms with Gasteiger partial charge in [0.2, 0.25) is 0 Å². The van der Waals surface area contributed by atoms with Gasteiger partial charge in [0.05, 0.1) is 17.4 Å². The number of hydrogen-bond donors (Lipinski definition) is 1. The van der Waals surface area contributed by atoms with Gasteiger partial charge < -0.3 is 9.84 Å². The molecule has 3 rings (SSSR count). The molecular formula is C15H10F4N4O2. The van der Waals surface area contributed by atoms with Crippen molar-refractivity contribution in [3.8, 4) is 11.3 Å². The van der Waals surface area contributed by atoms with E-state index in [0.717, 1.165) is 12.4 Å². The monoisotopic (exact) mass is 354 g/mol. The molecule has 0 radical (unpaired) electrons. The lowest BCUT2D eigenvalue weighted by molar-refractivity contribution is -0.142. The SMILES string of the molecule is O=C(Nc1cnn(CC(F)(F)F)c1)c1cc(-c2ccccc2F)on1. The number of carbonyl (C=O) groups is 1. The van der Waals surface area contributed by atoms with Gasteiger partial charge in [0, 0.05) is 12.3 Å². The number of alkyl halides is 3. The summed E-state index contributed by atoms with van der Waals surface area (Å²) >= 11 is 0. The van der Waals surface area contributed by atoms with Crippen LogP contribution in [0.3, 0.4) is 0 Å². The minimum absolute atomic E-state index is 0.0519. The van der Waals surface area contributed by atoms with Crippen molar-refractivity contribution >= 4 is 11.6 Å². The highest BCUT2D eigenvalue weighted by molar-refractivity contribution is 6.03. The molecule has 6 nitrogen and oxygen atoms in total. The summed E-state index contributed by atoms with van der Waals surface area (Å²) in [6, 6.07) is 7.01. The van der Waals surface area contributed by atoms with E-state index in [4.69, 9.17) is 4.52 Å². The minimum Gasteiger partial charge on any atom is -0.355 e. The van der Waals surface area contributed by atoms with Crippen molar-refractivity contribution in [1.82, 2.24) is 14.9 Å². The Hall–Kier alpha value is -3.17. The molecule has 130 valence electrons. The third kappa shape index (κ3) is 4.03. The lowest BCUT2D eigenvalue weighted by Crippen LogP contribution is -2.18. The highest BCUT2D eigenvalue weighted by Gasteiger charge is 2.28. The van der Waals surface area contributed by atoms with Crippen LogP contribution in [-0.2, 0) is 6.54 Å². The molecule has 2 aromatic heterocycles. The second-order valence-corrected chi connectivity index (χ2v) is 5.05. The summed E-state index contributed by atoms with van der Waals surface area (Å²) in [5.41, 5.74) is 0.0403. The standard InChI is InChI=1S/C15H10F4N4O2/c16-11-4-2-1-3-10(11)13-5-12(22-25-13)14(24)21-9-6-20-23(7-9)8-15(17,18)19/h1-7H,8H2,(H,21,24). The van der Waals surface area contributed by atoms with E-state index in [2.05, 4.69) is 15.6 Å². The molecule has 1 aromatic carbocycles. The Bertz CT molecular complexity index is 901. The molecule has 0 aliphatic heterocycles. The van der Waals surface area contributed by atoms with E-state index >= 15 is 0 Å². The molecule has 1 amide bonds. The molecule has 1 N–H and O–H groups in total. The van der Waals surface area contributed by atoms with Crippen LogP contribution >= 0.6 is 0 Å². The summed E-state index contributed by atoms with van der Waals surface area (Å²) in [4.78, 5) is 12.1. The number of rotatable bonds is 4. The van der Waals surface area contributed by atoms with E-state index in [1.807, 2.05) is 0 Å². The highest BCUT2D eigenvalue weighted by Crippen LogP contribution is 2.23. The van der Waals surface area contributed by atoms with Crippen LogP contribution < -0.4 is 5.32 Å². The van der Waals surface area contributed by atoms with Crippen molar-refractivity contribution < 1.29 is 26.9 Å². The fraction of sp³-hybridized carbons (Fsp3) is 0.133. The molecule has 25 heavy (non-hydrogen) atoms. The van der Waals surface area contributed by atoms with Crippen LogP contribution in [0.15, 0.2) is 47.2 Å². The number of amides is 1. The van der Waals surface area contributed by atoms with Gasteiger partial charge in [-0.05, 0) is 12.1 Å². The fourth-order valence-corrected chi connectivity index (χ4v) is 2.06. The van der Waals surface area contributed by atoms with E-state index in [1.54, 1.807) is 6.07 Å². The molecule has 0 saturated carbocycles. The summed E-state index contributed by atoms with van der Waals surface area (Å²) in [5, 5.41) is 9.37. The van der Waals surface area contributed by atoms with Crippen molar-refractivity contribution in [2.75, 3.05) is 5.32 Å². The van der Waals surface area contributed by atoms with E-state index < -0.39 is 24.4 Å². The summed E-state index contributed by atoms with van der Waals surface area (Å²) in [6.07, 6.45) is -2.32. The van der Waals surface area contributed by atoms with Gasteiger partial charge in [0.1, 0.15) is 12.4 Å². The van der Waals surface area contributed by atoms with Gasteiger partial charge in [-0.15, -0.1) is 0 Å². The maximum absolute atomic E-state index is 13.7. The molecule has 0 fully saturated rings. The van der Waals surface area contributed by atoms with Crippen LogP contribution in [0, 0.1) is 5.82 Å². The molecule has 0 bridgehead atoms. The highest BCUT2D eigenvalue weighted by atomic mass is 19.4. The predicted octanol–water partition coefficient (Wildman–Crippen LogP) is 3.49. The molecule has 0 spiro atoms. The Kier molecular flexibility index (Phi) is 4.26. The Labute approximate surface area is 138 Å². The van der Waals surface area contributed by atoms with Crippen LogP contribution in [0.2, 0.25) is 0 Å². The third-order valence-corrected chi connectivity index (χ3v) is 3.11. The Morgan fingerprint density at radius 3 is 2.76 bits per heavy atom. The van der Waals surface area contributed by atoms with Gasteiger partial charge in [-0.3, -0.25) is 9.48 Å². The fourth-order valence-electron chi connectivity index (χ4n) is 2.06. The van der Waals surface area contributed by atoms with Crippen molar-refractivity contribution in [3.05, 3.63) is 54.2 Å². The first-order valence-electron chi connectivity index (χ1n) is 6.94. The minimum atomic E-state index is -4.42. The number of benzene rings is 1. The van der Waals surface area contributed by atoms with Gasteiger partial charge in [-0.25, -0.2) is 4.39 Å². The molecule has 0 unspecified atom stereocenters. The molecular weight excluding hydrogens is 344 g/mol. The van der Waals surface area contributed by atoms with Gasteiger partial charge in [-0.2, -0.15) is 18.3 Å². The maximum atomic E-state index is 13.7. The third-order valence-electron chi connectivity index (χ3n) is 3.11. The van der Waals surface area contributed by atoms with Gasteiger partial charge in [0.15, 0.2) is 11.5 Å². The Balaban J connectivity index is 1.71. The topological polar surface area (TPSA) is 73.0 Å². The van der Waals surface area contributed by atoms with Gasteiger partial charge in [-0.1, -0.05) is 17.3 Å². The van der Waals surface area contributed by atoms with E-state index in [9.17, 15) is 22.4 Å². The van der Waals surface area contributed by atoms with E-state index in [1.165, 1.54) is 24.3 Å². The van der Waals surface area contributed by atoms with Gasteiger partial charge >= 0.3 is 6.18 Å². The Morgan fingerprint density at radius 2 is 2.04 bits per heavy atom. The van der Waals surface area contributed by atoms with Crippen molar-refractivity contribution in [2.45, 2.75) is 12.7 Å². The van der Waals surface area contributed by atoms with Crippen LogP contribution in [0.1, 0.15) is 10.5 Å². The number of halogens is 4. The average molecular weight is 354 g/mol. The van der Waals surface area contributed by atoms with Crippen molar-refractivity contribution in [3.63, 3.8) is 0 Å². The van der Waals surface area contributed by atoms with E-state index in [-0.39, 0.29) is 22.7 Å². The predicted molar refractivity (Wildman–Crippen MR) is 78.1 cm³/mol. The number of aromatic nitrogens is 3. The van der Waals surface area contributed by atoms with Crippen molar-refractivity contribution in [2.24, 2.45) is 0 Å². The largest absolute Gasteiger partial charge is 0.408 e. The molecule has 0 atom stereocenters.